The van der Waals surface area contributed by atoms with Gasteiger partial charge in [0.15, 0.2) is 12.0 Å². The molecule has 0 saturated carbocycles. The van der Waals surface area contributed by atoms with Crippen molar-refractivity contribution in [1.82, 2.24) is 5.32 Å². The smallest absolute Gasteiger partial charge is 0.365 e. The minimum atomic E-state index is -4.55. The maximum Gasteiger partial charge on any atom is 0.416 e. The minimum Gasteiger partial charge on any atom is -0.365 e. The van der Waals surface area contributed by atoms with E-state index in [0.29, 0.717) is 6.42 Å². The van der Waals surface area contributed by atoms with Crippen molar-refractivity contribution in [3.05, 3.63) is 70.8 Å². The third-order valence-electron chi connectivity index (χ3n) is 3.93. The number of rotatable bonds is 6. The van der Waals surface area contributed by atoms with E-state index in [1.54, 1.807) is 6.92 Å². The molecule has 1 unspecified atom stereocenters. The van der Waals surface area contributed by atoms with Gasteiger partial charge in [-0.3, -0.25) is 10.1 Å². The summed E-state index contributed by atoms with van der Waals surface area (Å²) in [5, 5.41) is 13.2. The molecule has 2 N–H and O–H groups in total. The Morgan fingerprint density at radius 2 is 1.72 bits per heavy atom. The minimum absolute atomic E-state index is 0.145. The average Bonchev–Trinajstić information content (AvgIpc) is 2.56. The van der Waals surface area contributed by atoms with Gasteiger partial charge in [-0.2, -0.15) is 13.2 Å². The molecule has 0 fully saturated rings. The fourth-order valence-electron chi connectivity index (χ4n) is 2.62. The number of aldehydes is 1. The van der Waals surface area contributed by atoms with Crippen molar-refractivity contribution in [1.29, 1.82) is 0 Å². The lowest BCUT2D eigenvalue weighted by Crippen LogP contribution is -2.49. The van der Waals surface area contributed by atoms with Crippen LogP contribution in [0.25, 0.3) is 0 Å². The lowest BCUT2D eigenvalue weighted by Gasteiger charge is -2.28. The first kappa shape index (κ1) is 19.1. The Kier molecular flexibility index (Phi) is 5.65. The van der Waals surface area contributed by atoms with Gasteiger partial charge in [0.2, 0.25) is 0 Å². The molecule has 0 spiro atoms. The van der Waals surface area contributed by atoms with Gasteiger partial charge in [-0.05, 0) is 38.0 Å². The van der Waals surface area contributed by atoms with Crippen LogP contribution >= 0.6 is 0 Å². The molecule has 2 rings (SSSR count). The molecule has 0 bridgehead atoms. The van der Waals surface area contributed by atoms with Gasteiger partial charge in [-0.1, -0.05) is 42.0 Å². The maximum atomic E-state index is 12.9. The van der Waals surface area contributed by atoms with Crippen molar-refractivity contribution in [2.24, 2.45) is 0 Å². The van der Waals surface area contributed by atoms with E-state index >= 15 is 0 Å². The van der Waals surface area contributed by atoms with Crippen LogP contribution in [0.4, 0.5) is 13.2 Å². The highest BCUT2D eigenvalue weighted by Crippen LogP contribution is 2.31. The third-order valence-corrected chi connectivity index (χ3v) is 3.93. The lowest BCUT2D eigenvalue weighted by molar-refractivity contribution is -0.138. The average molecular weight is 351 g/mol. The molecule has 0 radical (unpaired) electrons. The molecular formula is C19H20F3NO2. The van der Waals surface area contributed by atoms with Crippen molar-refractivity contribution >= 4 is 6.29 Å². The summed E-state index contributed by atoms with van der Waals surface area (Å²) in [5.41, 5.74) is -1.15. The molecule has 3 nitrogen and oxygen atoms in total. The van der Waals surface area contributed by atoms with Gasteiger partial charge in [-0.25, -0.2) is 0 Å². The van der Waals surface area contributed by atoms with Gasteiger partial charge in [0.1, 0.15) is 0 Å². The van der Waals surface area contributed by atoms with E-state index in [0.717, 1.165) is 23.3 Å². The lowest BCUT2D eigenvalue weighted by atomic mass is 9.98. The summed E-state index contributed by atoms with van der Waals surface area (Å²) in [6.07, 6.45) is -3.82. The molecule has 6 heteroatoms. The van der Waals surface area contributed by atoms with Gasteiger partial charge < -0.3 is 5.11 Å². The number of aryl methyl sites for hydroxylation is 1. The molecule has 0 amide bonds. The number of carbonyl (C=O) groups is 1. The highest BCUT2D eigenvalue weighted by atomic mass is 19.4. The third kappa shape index (κ3) is 4.90. The summed E-state index contributed by atoms with van der Waals surface area (Å²) in [4.78, 5) is 11.4. The second-order valence-electron chi connectivity index (χ2n) is 6.20. The molecule has 0 aromatic heterocycles. The van der Waals surface area contributed by atoms with E-state index in [2.05, 4.69) is 5.32 Å². The molecule has 0 saturated heterocycles. The standard InChI is InChI=1S/C19H20F3NO2/c1-13-6-8-15(9-7-13)10-14(2)23-18(25,12-24)16-4-3-5-17(11-16)19(20,21)22/h3-9,11-12,14,23,25H,10H2,1-2H3/t14?,18-/m0/s1. The molecule has 2 atom stereocenters. The summed E-state index contributed by atoms with van der Waals surface area (Å²) in [6.45, 7) is 3.71. The van der Waals surface area contributed by atoms with Crippen molar-refractivity contribution < 1.29 is 23.1 Å². The predicted octanol–water partition coefficient (Wildman–Crippen LogP) is 3.58. The van der Waals surface area contributed by atoms with Gasteiger partial charge in [-0.15, -0.1) is 0 Å². The van der Waals surface area contributed by atoms with Crippen LogP contribution in [0.1, 0.15) is 29.2 Å². The molecular weight excluding hydrogens is 331 g/mol. The van der Waals surface area contributed by atoms with Crippen LogP contribution in [0.15, 0.2) is 48.5 Å². The highest BCUT2D eigenvalue weighted by Gasteiger charge is 2.35. The SMILES string of the molecule is Cc1ccc(CC(C)N[C@](O)(C=O)c2cccc(C(F)(F)F)c2)cc1. The second-order valence-corrected chi connectivity index (χ2v) is 6.20. The van der Waals surface area contributed by atoms with Crippen molar-refractivity contribution in [3.63, 3.8) is 0 Å². The fraction of sp³-hybridized carbons (Fsp3) is 0.316. The van der Waals surface area contributed by atoms with Gasteiger partial charge >= 0.3 is 6.18 Å². The van der Waals surface area contributed by atoms with Gasteiger partial charge in [0, 0.05) is 11.6 Å². The normalized spacial score (nSPS) is 15.4. The van der Waals surface area contributed by atoms with E-state index in [9.17, 15) is 23.1 Å². The summed E-state index contributed by atoms with van der Waals surface area (Å²) >= 11 is 0. The first-order valence-corrected chi connectivity index (χ1v) is 7.84. The predicted molar refractivity (Wildman–Crippen MR) is 88.9 cm³/mol. The van der Waals surface area contributed by atoms with E-state index in [-0.39, 0.29) is 17.9 Å². The molecule has 0 aliphatic rings. The molecule has 134 valence electrons. The van der Waals surface area contributed by atoms with Crippen molar-refractivity contribution in [2.75, 3.05) is 0 Å². The first-order chi connectivity index (χ1) is 11.6. The van der Waals surface area contributed by atoms with E-state index in [1.165, 1.54) is 12.1 Å². The zero-order valence-corrected chi connectivity index (χ0v) is 14.0. The summed E-state index contributed by atoms with van der Waals surface area (Å²) in [6, 6.07) is 11.5. The monoisotopic (exact) mass is 351 g/mol. The van der Waals surface area contributed by atoms with Crippen LogP contribution < -0.4 is 5.32 Å². The zero-order chi connectivity index (χ0) is 18.7. The Balaban J connectivity index is 2.19. The molecule has 2 aromatic rings. The van der Waals surface area contributed by atoms with Crippen molar-refractivity contribution in [2.45, 2.75) is 38.2 Å². The Morgan fingerprint density at radius 1 is 1.12 bits per heavy atom. The van der Waals surface area contributed by atoms with Gasteiger partial charge in [0.05, 0.1) is 5.56 Å². The number of alkyl halides is 3. The molecule has 0 heterocycles. The Bertz CT molecular complexity index is 728. The highest BCUT2D eigenvalue weighted by molar-refractivity contribution is 5.65. The topological polar surface area (TPSA) is 49.3 Å². The summed E-state index contributed by atoms with van der Waals surface area (Å²) < 4.78 is 38.6. The largest absolute Gasteiger partial charge is 0.416 e. The van der Waals surface area contributed by atoms with Crippen LogP contribution in [-0.4, -0.2) is 17.4 Å². The second kappa shape index (κ2) is 7.37. The van der Waals surface area contributed by atoms with Crippen LogP contribution in [0.5, 0.6) is 0 Å². The van der Waals surface area contributed by atoms with E-state index < -0.39 is 17.5 Å². The molecule has 0 aliphatic carbocycles. The Morgan fingerprint density at radius 3 is 2.28 bits per heavy atom. The number of benzene rings is 2. The Hall–Kier alpha value is -2.18. The Labute approximate surface area is 144 Å². The van der Waals surface area contributed by atoms with Gasteiger partial charge in [0.25, 0.3) is 0 Å². The number of hydrogen-bond donors (Lipinski definition) is 2. The van der Waals surface area contributed by atoms with Crippen LogP contribution in [0.2, 0.25) is 0 Å². The van der Waals surface area contributed by atoms with Crippen LogP contribution in [0, 0.1) is 6.92 Å². The number of nitrogens with one attached hydrogen (secondary N) is 1. The molecule has 0 aliphatic heterocycles. The number of carbonyl (C=O) groups excluding carboxylic acids is 1. The number of hydrogen-bond acceptors (Lipinski definition) is 3. The number of aliphatic hydroxyl groups is 1. The van der Waals surface area contributed by atoms with E-state index in [4.69, 9.17) is 0 Å². The molecule has 2 aromatic carbocycles. The van der Waals surface area contributed by atoms with Crippen LogP contribution in [0.3, 0.4) is 0 Å². The number of halogens is 3. The fourth-order valence-corrected chi connectivity index (χ4v) is 2.62. The zero-order valence-electron chi connectivity index (χ0n) is 14.0. The quantitative estimate of drug-likeness (QED) is 0.618. The maximum absolute atomic E-state index is 12.9. The summed E-state index contributed by atoms with van der Waals surface area (Å²) in [7, 11) is 0. The van der Waals surface area contributed by atoms with Crippen molar-refractivity contribution in [3.8, 4) is 0 Å². The molecule has 25 heavy (non-hydrogen) atoms. The van der Waals surface area contributed by atoms with E-state index in [1.807, 2.05) is 31.2 Å². The first-order valence-electron chi connectivity index (χ1n) is 7.84. The summed E-state index contributed by atoms with van der Waals surface area (Å²) in [5.74, 6) is 0. The van der Waals surface area contributed by atoms with Crippen LogP contribution in [-0.2, 0) is 23.1 Å².